The molecule has 0 amide bonds. The van der Waals surface area contributed by atoms with Crippen LogP contribution < -0.4 is 10.1 Å². The van der Waals surface area contributed by atoms with Crippen LogP contribution in [0.5, 0.6) is 5.75 Å². The van der Waals surface area contributed by atoms with E-state index in [0.29, 0.717) is 5.92 Å². The number of benzene rings is 1. The normalized spacial score (nSPS) is 18.3. The van der Waals surface area contributed by atoms with Gasteiger partial charge in [0, 0.05) is 10.0 Å². The molecule has 19 heavy (non-hydrogen) atoms. The highest BCUT2D eigenvalue weighted by Gasteiger charge is 2.16. The van der Waals surface area contributed by atoms with E-state index in [9.17, 15) is 0 Å². The molecule has 1 aromatic carbocycles. The molecule has 3 heteroatoms. The topological polar surface area (TPSA) is 21.3 Å². The molecule has 0 bridgehead atoms. The zero-order valence-corrected chi connectivity index (χ0v) is 13.5. The van der Waals surface area contributed by atoms with E-state index in [1.807, 2.05) is 6.07 Å². The Hall–Kier alpha value is -0.540. The summed E-state index contributed by atoms with van der Waals surface area (Å²) in [5, 5.41) is 3.42. The minimum absolute atomic E-state index is 0.626. The Morgan fingerprint density at radius 1 is 1.37 bits per heavy atom. The molecule has 0 radical (unpaired) electrons. The fourth-order valence-corrected chi connectivity index (χ4v) is 3.08. The number of nitrogens with one attached hydrogen (secondary N) is 1. The molecule has 0 spiro atoms. The van der Waals surface area contributed by atoms with Crippen molar-refractivity contribution in [3.05, 3.63) is 28.2 Å². The molecule has 2 rings (SSSR count). The number of piperidine rings is 1. The Balaban J connectivity index is 1.79. The number of hydrogen-bond acceptors (Lipinski definition) is 2. The average Bonchev–Trinajstić information content (AvgIpc) is 2.42. The van der Waals surface area contributed by atoms with Gasteiger partial charge in [-0.05, 0) is 63.2 Å². The molecule has 1 N–H and O–H groups in total. The summed E-state index contributed by atoms with van der Waals surface area (Å²) in [4.78, 5) is 0. The van der Waals surface area contributed by atoms with E-state index in [2.05, 4.69) is 47.2 Å². The molecule has 0 aromatic heterocycles. The van der Waals surface area contributed by atoms with Crippen LogP contribution in [0, 0.1) is 18.8 Å². The van der Waals surface area contributed by atoms with Gasteiger partial charge >= 0.3 is 0 Å². The van der Waals surface area contributed by atoms with E-state index >= 15 is 0 Å². The Morgan fingerprint density at radius 2 is 2.11 bits per heavy atom. The number of ether oxygens (including phenoxy) is 1. The van der Waals surface area contributed by atoms with Crippen LogP contribution in [-0.4, -0.2) is 19.7 Å². The fourth-order valence-electron chi connectivity index (χ4n) is 2.73. The van der Waals surface area contributed by atoms with Gasteiger partial charge in [0.1, 0.15) is 5.75 Å². The van der Waals surface area contributed by atoms with E-state index in [4.69, 9.17) is 4.74 Å². The van der Waals surface area contributed by atoms with Crippen LogP contribution in [0.4, 0.5) is 0 Å². The molecule has 1 saturated heterocycles. The van der Waals surface area contributed by atoms with E-state index in [-0.39, 0.29) is 0 Å². The van der Waals surface area contributed by atoms with Gasteiger partial charge in [-0.2, -0.15) is 0 Å². The third kappa shape index (κ3) is 4.50. The predicted octanol–water partition coefficient (Wildman–Crippen LogP) is 4.16. The van der Waals surface area contributed by atoms with E-state index in [1.165, 1.54) is 37.9 Å². The molecule has 1 heterocycles. The molecule has 106 valence electrons. The van der Waals surface area contributed by atoms with Crippen molar-refractivity contribution >= 4 is 15.9 Å². The first kappa shape index (κ1) is 14.9. The molecule has 1 aliphatic heterocycles. The molecule has 1 fully saturated rings. The van der Waals surface area contributed by atoms with Gasteiger partial charge in [-0.3, -0.25) is 0 Å². The van der Waals surface area contributed by atoms with Crippen LogP contribution in [0.2, 0.25) is 0 Å². The van der Waals surface area contributed by atoms with Crippen molar-refractivity contribution in [2.75, 3.05) is 19.7 Å². The van der Waals surface area contributed by atoms with Gasteiger partial charge < -0.3 is 10.1 Å². The minimum Gasteiger partial charge on any atom is -0.493 e. The first-order valence-corrected chi connectivity index (χ1v) is 8.04. The number of halogens is 1. The standard InChI is InChI=1S/C16H24BrNO/c1-12(10-14-6-8-18-9-7-14)11-19-16-5-3-4-15(17)13(16)2/h3-5,12,14,18H,6-11H2,1-2H3. The van der Waals surface area contributed by atoms with Crippen LogP contribution in [0.15, 0.2) is 22.7 Å². The van der Waals surface area contributed by atoms with Crippen molar-refractivity contribution in [1.29, 1.82) is 0 Å². The van der Waals surface area contributed by atoms with Crippen molar-refractivity contribution in [2.45, 2.75) is 33.1 Å². The Bertz CT molecular complexity index is 402. The van der Waals surface area contributed by atoms with Gasteiger partial charge in [-0.15, -0.1) is 0 Å². The van der Waals surface area contributed by atoms with Crippen molar-refractivity contribution in [1.82, 2.24) is 5.32 Å². The summed E-state index contributed by atoms with van der Waals surface area (Å²) in [5.41, 5.74) is 1.19. The van der Waals surface area contributed by atoms with E-state index < -0.39 is 0 Å². The average molecular weight is 326 g/mol. The lowest BCUT2D eigenvalue weighted by Crippen LogP contribution is -2.29. The van der Waals surface area contributed by atoms with Crippen LogP contribution in [0.3, 0.4) is 0 Å². The highest BCUT2D eigenvalue weighted by atomic mass is 79.9. The summed E-state index contributed by atoms with van der Waals surface area (Å²) >= 11 is 3.55. The van der Waals surface area contributed by atoms with Crippen molar-refractivity contribution in [2.24, 2.45) is 11.8 Å². The summed E-state index contributed by atoms with van der Waals surface area (Å²) in [6.07, 6.45) is 3.93. The van der Waals surface area contributed by atoms with Crippen molar-refractivity contribution in [3.63, 3.8) is 0 Å². The van der Waals surface area contributed by atoms with Crippen LogP contribution in [0.25, 0.3) is 0 Å². The number of hydrogen-bond donors (Lipinski definition) is 1. The van der Waals surface area contributed by atoms with Crippen LogP contribution >= 0.6 is 15.9 Å². The quantitative estimate of drug-likeness (QED) is 0.877. The molecule has 1 atom stereocenters. The van der Waals surface area contributed by atoms with Crippen LogP contribution in [0.1, 0.15) is 31.7 Å². The third-order valence-corrected chi connectivity index (χ3v) is 4.79. The zero-order valence-electron chi connectivity index (χ0n) is 11.9. The summed E-state index contributed by atoms with van der Waals surface area (Å²) in [6, 6.07) is 6.14. The summed E-state index contributed by atoms with van der Waals surface area (Å²) in [7, 11) is 0. The number of rotatable bonds is 5. The smallest absolute Gasteiger partial charge is 0.123 e. The van der Waals surface area contributed by atoms with Crippen molar-refractivity contribution < 1.29 is 4.74 Å². The summed E-state index contributed by atoms with van der Waals surface area (Å²) < 4.78 is 7.10. The van der Waals surface area contributed by atoms with Gasteiger partial charge in [0.25, 0.3) is 0 Å². The summed E-state index contributed by atoms with van der Waals surface area (Å²) in [6.45, 7) is 7.58. The van der Waals surface area contributed by atoms with Crippen molar-refractivity contribution in [3.8, 4) is 5.75 Å². The first-order chi connectivity index (χ1) is 9.16. The second-order valence-electron chi connectivity index (χ2n) is 5.71. The highest BCUT2D eigenvalue weighted by Crippen LogP contribution is 2.27. The molecule has 0 aliphatic carbocycles. The third-order valence-electron chi connectivity index (χ3n) is 3.94. The SMILES string of the molecule is Cc1c(Br)cccc1OCC(C)CC1CCNCC1. The van der Waals surface area contributed by atoms with E-state index in [0.717, 1.165) is 22.7 Å². The van der Waals surface area contributed by atoms with Gasteiger partial charge in [0.05, 0.1) is 6.61 Å². The second-order valence-corrected chi connectivity index (χ2v) is 6.56. The predicted molar refractivity (Wildman–Crippen MR) is 83.7 cm³/mol. The lowest BCUT2D eigenvalue weighted by molar-refractivity contribution is 0.215. The molecular formula is C16H24BrNO. The molecule has 2 nitrogen and oxygen atoms in total. The summed E-state index contributed by atoms with van der Waals surface area (Å²) in [5.74, 6) is 2.51. The molecule has 1 unspecified atom stereocenters. The Labute approximate surface area is 125 Å². The molecule has 1 aromatic rings. The van der Waals surface area contributed by atoms with Gasteiger partial charge in [-0.25, -0.2) is 0 Å². The van der Waals surface area contributed by atoms with Crippen LogP contribution in [-0.2, 0) is 0 Å². The molecular weight excluding hydrogens is 302 g/mol. The fraction of sp³-hybridized carbons (Fsp3) is 0.625. The lowest BCUT2D eigenvalue weighted by Gasteiger charge is -2.25. The maximum Gasteiger partial charge on any atom is 0.123 e. The minimum atomic E-state index is 0.626. The van der Waals surface area contributed by atoms with Gasteiger partial charge in [0.15, 0.2) is 0 Å². The monoisotopic (exact) mass is 325 g/mol. The second kappa shape index (κ2) is 7.30. The lowest BCUT2D eigenvalue weighted by atomic mass is 9.89. The largest absolute Gasteiger partial charge is 0.493 e. The first-order valence-electron chi connectivity index (χ1n) is 7.25. The van der Waals surface area contributed by atoms with E-state index in [1.54, 1.807) is 0 Å². The molecule has 0 saturated carbocycles. The molecule has 1 aliphatic rings. The maximum atomic E-state index is 5.98. The highest BCUT2D eigenvalue weighted by molar-refractivity contribution is 9.10. The Kier molecular flexibility index (Phi) is 5.71. The van der Waals surface area contributed by atoms with Gasteiger partial charge in [-0.1, -0.05) is 28.9 Å². The maximum absolute atomic E-state index is 5.98. The Morgan fingerprint density at radius 3 is 2.84 bits per heavy atom. The van der Waals surface area contributed by atoms with Gasteiger partial charge in [0.2, 0.25) is 0 Å². The zero-order chi connectivity index (χ0) is 13.7.